The van der Waals surface area contributed by atoms with Gasteiger partial charge in [0.15, 0.2) is 5.78 Å². The molecule has 9 heteroatoms. The summed E-state index contributed by atoms with van der Waals surface area (Å²) in [5.74, 6) is -0.448. The number of nitrogens with zero attached hydrogens (tertiary/aromatic N) is 1. The molecule has 0 fully saturated rings. The average Bonchev–Trinajstić information content (AvgIpc) is 2.65. The molecule has 0 spiro atoms. The van der Waals surface area contributed by atoms with Gasteiger partial charge in [-0.3, -0.25) is 4.79 Å². The standard InChI is InChI=1S/C19H20ClNO6S/c1-13(22)15-6-4-5-7-17(15)26-10-11-27-19(23)14-8-9-16(20)18(12-14)28(24,25)21(2)3/h4-9,12H,10-11H2,1-3H3. The van der Waals surface area contributed by atoms with Crippen molar-refractivity contribution in [3.63, 3.8) is 0 Å². The minimum absolute atomic E-state index is 0.00873. The van der Waals surface area contributed by atoms with Crippen molar-refractivity contribution in [2.75, 3.05) is 27.3 Å². The predicted molar refractivity (Wildman–Crippen MR) is 105 cm³/mol. The van der Waals surface area contributed by atoms with Gasteiger partial charge in [-0.05, 0) is 37.3 Å². The van der Waals surface area contributed by atoms with Gasteiger partial charge in [0.05, 0.1) is 16.1 Å². The second kappa shape index (κ2) is 9.18. The molecule has 0 amide bonds. The van der Waals surface area contributed by atoms with Crippen molar-refractivity contribution < 1.29 is 27.5 Å². The zero-order valence-corrected chi connectivity index (χ0v) is 17.2. The fourth-order valence-corrected chi connectivity index (χ4v) is 3.67. The molecular formula is C19H20ClNO6S. The molecule has 7 nitrogen and oxygen atoms in total. The normalized spacial score (nSPS) is 11.3. The quantitative estimate of drug-likeness (QED) is 0.367. The molecule has 0 saturated carbocycles. The molecule has 0 bridgehead atoms. The number of ketones is 1. The second-order valence-corrected chi connectivity index (χ2v) is 8.50. The minimum atomic E-state index is -3.80. The average molecular weight is 426 g/mol. The van der Waals surface area contributed by atoms with Gasteiger partial charge < -0.3 is 9.47 Å². The van der Waals surface area contributed by atoms with E-state index in [1.165, 1.54) is 39.2 Å². The largest absolute Gasteiger partial charge is 0.489 e. The van der Waals surface area contributed by atoms with Crippen molar-refractivity contribution in [3.05, 3.63) is 58.6 Å². The predicted octanol–water partition coefficient (Wildman–Crippen LogP) is 3.03. The molecule has 0 radical (unpaired) electrons. The number of hydrogen-bond donors (Lipinski definition) is 0. The third kappa shape index (κ3) is 5.09. The molecule has 0 atom stereocenters. The Kier molecular flexibility index (Phi) is 7.17. The Labute approximate surface area is 168 Å². The van der Waals surface area contributed by atoms with Crippen LogP contribution in [0, 0.1) is 0 Å². The van der Waals surface area contributed by atoms with E-state index in [-0.39, 0.29) is 34.5 Å². The van der Waals surface area contributed by atoms with E-state index in [9.17, 15) is 18.0 Å². The number of esters is 1. The molecule has 0 heterocycles. The number of ether oxygens (including phenoxy) is 2. The highest BCUT2D eigenvalue weighted by molar-refractivity contribution is 7.89. The highest BCUT2D eigenvalue weighted by Gasteiger charge is 2.22. The number of carbonyl (C=O) groups is 2. The highest BCUT2D eigenvalue weighted by atomic mass is 35.5. The minimum Gasteiger partial charge on any atom is -0.489 e. The van der Waals surface area contributed by atoms with Gasteiger partial charge in [0.2, 0.25) is 10.0 Å². The van der Waals surface area contributed by atoms with Gasteiger partial charge in [-0.1, -0.05) is 23.7 Å². The van der Waals surface area contributed by atoms with E-state index in [0.29, 0.717) is 11.3 Å². The number of rotatable bonds is 8. The van der Waals surface area contributed by atoms with Crippen LogP contribution < -0.4 is 4.74 Å². The summed E-state index contributed by atoms with van der Waals surface area (Å²) in [5, 5.41) is 0.00873. The zero-order valence-electron chi connectivity index (χ0n) is 15.6. The summed E-state index contributed by atoms with van der Waals surface area (Å²) < 4.78 is 36.2. The summed E-state index contributed by atoms with van der Waals surface area (Å²) in [7, 11) is -1.06. The molecule has 0 saturated heterocycles. The lowest BCUT2D eigenvalue weighted by Crippen LogP contribution is -2.23. The Morgan fingerprint density at radius 1 is 1.07 bits per heavy atom. The van der Waals surface area contributed by atoms with Crippen LogP contribution in [0.25, 0.3) is 0 Å². The van der Waals surface area contributed by atoms with Crippen molar-refractivity contribution in [1.29, 1.82) is 0 Å². The summed E-state index contributed by atoms with van der Waals surface area (Å²) in [4.78, 5) is 23.6. The first-order chi connectivity index (χ1) is 13.1. The number of hydrogen-bond acceptors (Lipinski definition) is 6. The van der Waals surface area contributed by atoms with Gasteiger partial charge in [-0.2, -0.15) is 0 Å². The summed E-state index contributed by atoms with van der Waals surface area (Å²) in [6, 6.07) is 10.6. The molecule has 0 aliphatic rings. The van der Waals surface area contributed by atoms with E-state index < -0.39 is 16.0 Å². The smallest absolute Gasteiger partial charge is 0.338 e. The van der Waals surface area contributed by atoms with Crippen LogP contribution in [-0.2, 0) is 14.8 Å². The van der Waals surface area contributed by atoms with Crippen LogP contribution in [0.3, 0.4) is 0 Å². The van der Waals surface area contributed by atoms with Crippen LogP contribution in [0.2, 0.25) is 5.02 Å². The number of carbonyl (C=O) groups excluding carboxylic acids is 2. The van der Waals surface area contributed by atoms with E-state index in [0.717, 1.165) is 4.31 Å². The first-order valence-corrected chi connectivity index (χ1v) is 10.1. The lowest BCUT2D eigenvalue weighted by Gasteiger charge is -2.14. The molecule has 28 heavy (non-hydrogen) atoms. The van der Waals surface area contributed by atoms with Crippen LogP contribution >= 0.6 is 11.6 Å². The molecule has 2 aromatic carbocycles. The van der Waals surface area contributed by atoms with E-state index in [2.05, 4.69) is 0 Å². The van der Waals surface area contributed by atoms with Gasteiger partial charge in [-0.25, -0.2) is 17.5 Å². The Balaban J connectivity index is 2.02. The monoisotopic (exact) mass is 425 g/mol. The van der Waals surface area contributed by atoms with Crippen LogP contribution in [0.4, 0.5) is 0 Å². The van der Waals surface area contributed by atoms with Crippen molar-refractivity contribution in [1.82, 2.24) is 4.31 Å². The van der Waals surface area contributed by atoms with Gasteiger partial charge in [0.25, 0.3) is 0 Å². The van der Waals surface area contributed by atoms with Crippen molar-refractivity contribution in [2.45, 2.75) is 11.8 Å². The lowest BCUT2D eigenvalue weighted by molar-refractivity contribution is 0.0449. The van der Waals surface area contributed by atoms with Gasteiger partial charge >= 0.3 is 5.97 Å². The van der Waals surface area contributed by atoms with Crippen molar-refractivity contribution >= 4 is 33.4 Å². The first kappa shape index (κ1) is 21.9. The first-order valence-electron chi connectivity index (χ1n) is 8.26. The van der Waals surface area contributed by atoms with Gasteiger partial charge in [-0.15, -0.1) is 0 Å². The van der Waals surface area contributed by atoms with E-state index in [1.54, 1.807) is 24.3 Å². The fourth-order valence-electron chi connectivity index (χ4n) is 2.28. The van der Waals surface area contributed by atoms with Crippen molar-refractivity contribution in [2.24, 2.45) is 0 Å². The summed E-state index contributed by atoms with van der Waals surface area (Å²) in [6.07, 6.45) is 0. The number of Topliss-reactive ketones (excluding diaryl/α,β-unsaturated/α-hetero) is 1. The maximum absolute atomic E-state index is 12.3. The number of halogens is 1. The third-order valence-corrected chi connectivity index (χ3v) is 6.06. The fraction of sp³-hybridized carbons (Fsp3) is 0.263. The lowest BCUT2D eigenvalue weighted by atomic mass is 10.1. The molecule has 0 aliphatic heterocycles. The van der Waals surface area contributed by atoms with Gasteiger partial charge in [0, 0.05) is 14.1 Å². The summed E-state index contributed by atoms with van der Waals surface area (Å²) >= 11 is 5.96. The topological polar surface area (TPSA) is 90.0 Å². The third-order valence-electron chi connectivity index (χ3n) is 3.77. The maximum Gasteiger partial charge on any atom is 0.338 e. The van der Waals surface area contributed by atoms with Crippen LogP contribution in [-0.4, -0.2) is 51.8 Å². The molecule has 0 unspecified atom stereocenters. The van der Waals surface area contributed by atoms with E-state index in [1.807, 2.05) is 0 Å². The molecule has 0 aromatic heterocycles. The van der Waals surface area contributed by atoms with Crippen molar-refractivity contribution in [3.8, 4) is 5.75 Å². The summed E-state index contributed by atoms with van der Waals surface area (Å²) in [6.45, 7) is 1.39. The van der Waals surface area contributed by atoms with E-state index in [4.69, 9.17) is 21.1 Å². The zero-order chi connectivity index (χ0) is 20.9. The van der Waals surface area contributed by atoms with Crippen LogP contribution in [0.5, 0.6) is 5.75 Å². The highest BCUT2D eigenvalue weighted by Crippen LogP contribution is 2.25. The Morgan fingerprint density at radius 2 is 1.75 bits per heavy atom. The molecule has 2 rings (SSSR count). The summed E-state index contributed by atoms with van der Waals surface area (Å²) in [5.41, 5.74) is 0.485. The Hall–Kier alpha value is -2.42. The molecule has 0 aliphatic carbocycles. The molecule has 150 valence electrons. The van der Waals surface area contributed by atoms with Gasteiger partial charge in [0.1, 0.15) is 23.9 Å². The Morgan fingerprint density at radius 3 is 2.39 bits per heavy atom. The number of para-hydroxylation sites is 1. The molecule has 2 aromatic rings. The van der Waals surface area contributed by atoms with Crippen LogP contribution in [0.1, 0.15) is 27.6 Å². The molecule has 0 N–H and O–H groups in total. The number of benzene rings is 2. The molecular weight excluding hydrogens is 406 g/mol. The number of sulfonamides is 1. The maximum atomic E-state index is 12.3. The SMILES string of the molecule is CC(=O)c1ccccc1OCCOC(=O)c1ccc(Cl)c(S(=O)(=O)N(C)C)c1. The Bertz CT molecular complexity index is 988. The van der Waals surface area contributed by atoms with Crippen LogP contribution in [0.15, 0.2) is 47.4 Å². The second-order valence-electron chi connectivity index (χ2n) is 5.97. The van der Waals surface area contributed by atoms with E-state index >= 15 is 0 Å².